The summed E-state index contributed by atoms with van der Waals surface area (Å²) in [7, 11) is 0. The van der Waals surface area contributed by atoms with Gasteiger partial charge in [0.05, 0.1) is 5.56 Å². The number of amides is 1. The van der Waals surface area contributed by atoms with Crippen molar-refractivity contribution in [3.63, 3.8) is 0 Å². The second-order valence-electron chi connectivity index (χ2n) is 11.1. The third kappa shape index (κ3) is 3.71. The molecule has 1 unspecified atom stereocenters. The highest BCUT2D eigenvalue weighted by Crippen LogP contribution is 2.60. The van der Waals surface area contributed by atoms with Gasteiger partial charge in [-0.15, -0.1) is 0 Å². The van der Waals surface area contributed by atoms with E-state index in [0.29, 0.717) is 35.8 Å². The van der Waals surface area contributed by atoms with E-state index in [1.807, 2.05) is 6.07 Å². The van der Waals surface area contributed by atoms with Crippen molar-refractivity contribution in [1.82, 2.24) is 5.32 Å². The van der Waals surface area contributed by atoms with Crippen molar-refractivity contribution in [2.45, 2.75) is 84.6 Å². The van der Waals surface area contributed by atoms with E-state index in [2.05, 4.69) is 39.1 Å². The van der Waals surface area contributed by atoms with Gasteiger partial charge in [-0.05, 0) is 90.4 Å². The standard InChI is InChI=1S/C25H35NO3/c1-24(2,3)14-22(27)26-21-10-9-20-19-8-5-15-13-16(23(28)29)6-7-17(15)18(19)11-12-25(20,21)4/h6-7,13,18-21H,5,8-12,14H2,1-4H3,(H,26,27)(H,28,29)/t18-,19-,20+,21?,25+/m1/s1. The van der Waals surface area contributed by atoms with Crippen LogP contribution in [0.1, 0.15) is 93.6 Å². The summed E-state index contributed by atoms with van der Waals surface area (Å²) in [5.41, 5.74) is 3.23. The first-order chi connectivity index (χ1) is 13.6. The van der Waals surface area contributed by atoms with Crippen LogP contribution in [0.5, 0.6) is 0 Å². The molecule has 2 saturated carbocycles. The number of benzene rings is 1. The molecule has 0 radical (unpaired) electrons. The second kappa shape index (κ2) is 7.14. The summed E-state index contributed by atoms with van der Waals surface area (Å²) < 4.78 is 0. The smallest absolute Gasteiger partial charge is 0.335 e. The molecule has 2 fully saturated rings. The number of fused-ring (bicyclic) bond motifs is 5. The number of nitrogens with one attached hydrogen (secondary N) is 1. The van der Waals surface area contributed by atoms with E-state index in [9.17, 15) is 14.7 Å². The first kappa shape index (κ1) is 20.4. The molecule has 4 nitrogen and oxygen atoms in total. The van der Waals surface area contributed by atoms with E-state index in [-0.39, 0.29) is 16.7 Å². The van der Waals surface area contributed by atoms with Gasteiger partial charge < -0.3 is 10.4 Å². The summed E-state index contributed by atoms with van der Waals surface area (Å²) in [6.45, 7) is 8.76. The molecule has 4 heteroatoms. The largest absolute Gasteiger partial charge is 0.478 e. The van der Waals surface area contributed by atoms with Crippen molar-refractivity contribution in [2.75, 3.05) is 0 Å². The lowest BCUT2D eigenvalue weighted by Crippen LogP contribution is -2.50. The summed E-state index contributed by atoms with van der Waals surface area (Å²) in [6, 6.07) is 6.04. The molecule has 3 aliphatic carbocycles. The van der Waals surface area contributed by atoms with Crippen LogP contribution in [0.4, 0.5) is 0 Å². The van der Waals surface area contributed by atoms with E-state index in [4.69, 9.17) is 0 Å². The van der Waals surface area contributed by atoms with E-state index in [0.717, 1.165) is 32.1 Å². The highest BCUT2D eigenvalue weighted by atomic mass is 16.4. The number of carbonyl (C=O) groups excluding carboxylic acids is 1. The molecule has 4 rings (SSSR count). The number of aromatic carboxylic acids is 1. The number of hydrogen-bond donors (Lipinski definition) is 2. The van der Waals surface area contributed by atoms with Crippen molar-refractivity contribution in [1.29, 1.82) is 0 Å². The van der Waals surface area contributed by atoms with E-state index in [1.54, 1.807) is 6.07 Å². The van der Waals surface area contributed by atoms with Gasteiger partial charge in [-0.3, -0.25) is 4.79 Å². The SMILES string of the molecule is CC(C)(C)CC(=O)NC1CC[C@H]2[C@@H]3CCc4cc(C(=O)O)ccc4[C@H]3CC[C@]12C. The monoisotopic (exact) mass is 397 g/mol. The fraction of sp³-hybridized carbons (Fsp3) is 0.680. The summed E-state index contributed by atoms with van der Waals surface area (Å²) in [4.78, 5) is 23.9. The Morgan fingerprint density at radius 1 is 1.17 bits per heavy atom. The van der Waals surface area contributed by atoms with Gasteiger partial charge in [0.2, 0.25) is 5.91 Å². The lowest BCUT2D eigenvalue weighted by Gasteiger charge is -2.51. The van der Waals surface area contributed by atoms with Crippen molar-refractivity contribution < 1.29 is 14.7 Å². The number of carbonyl (C=O) groups is 2. The van der Waals surface area contributed by atoms with Gasteiger partial charge in [-0.25, -0.2) is 4.79 Å². The Labute approximate surface area is 174 Å². The lowest BCUT2D eigenvalue weighted by molar-refractivity contribution is -0.124. The zero-order valence-corrected chi connectivity index (χ0v) is 18.3. The number of carboxylic acid groups (broad SMARTS) is 1. The zero-order valence-electron chi connectivity index (χ0n) is 18.3. The number of carboxylic acids is 1. The van der Waals surface area contributed by atoms with Crippen LogP contribution in [0.25, 0.3) is 0 Å². The minimum absolute atomic E-state index is 0.0164. The van der Waals surface area contributed by atoms with Crippen LogP contribution in [-0.2, 0) is 11.2 Å². The zero-order chi connectivity index (χ0) is 21.0. The molecule has 2 N–H and O–H groups in total. The minimum Gasteiger partial charge on any atom is -0.478 e. The molecular formula is C25H35NO3. The quantitative estimate of drug-likeness (QED) is 0.740. The van der Waals surface area contributed by atoms with Crippen LogP contribution in [-0.4, -0.2) is 23.0 Å². The first-order valence-electron chi connectivity index (χ1n) is 11.2. The highest BCUT2D eigenvalue weighted by molar-refractivity contribution is 5.88. The average molecular weight is 398 g/mol. The third-order valence-electron chi connectivity index (χ3n) is 8.00. The molecule has 0 saturated heterocycles. The average Bonchev–Trinajstić information content (AvgIpc) is 2.95. The molecule has 1 aromatic carbocycles. The van der Waals surface area contributed by atoms with E-state index in [1.165, 1.54) is 17.5 Å². The number of aryl methyl sites for hydroxylation is 1. The molecule has 0 aromatic heterocycles. The van der Waals surface area contributed by atoms with Gasteiger partial charge in [0.25, 0.3) is 0 Å². The molecule has 29 heavy (non-hydrogen) atoms. The number of hydrogen-bond acceptors (Lipinski definition) is 2. The summed E-state index contributed by atoms with van der Waals surface area (Å²) >= 11 is 0. The summed E-state index contributed by atoms with van der Waals surface area (Å²) in [5.74, 6) is 1.20. The van der Waals surface area contributed by atoms with Crippen LogP contribution in [0.3, 0.4) is 0 Å². The van der Waals surface area contributed by atoms with Gasteiger partial charge in [-0.2, -0.15) is 0 Å². The van der Waals surface area contributed by atoms with Crippen LogP contribution in [0, 0.1) is 22.7 Å². The molecule has 1 aromatic rings. The molecule has 158 valence electrons. The molecular weight excluding hydrogens is 362 g/mol. The Morgan fingerprint density at radius 3 is 2.62 bits per heavy atom. The van der Waals surface area contributed by atoms with Gasteiger partial charge in [0, 0.05) is 12.5 Å². The maximum atomic E-state index is 12.6. The molecule has 1 amide bonds. The Hall–Kier alpha value is -1.84. The highest BCUT2D eigenvalue weighted by Gasteiger charge is 2.55. The maximum Gasteiger partial charge on any atom is 0.335 e. The molecule has 0 spiro atoms. The van der Waals surface area contributed by atoms with Gasteiger partial charge in [0.15, 0.2) is 0 Å². The summed E-state index contributed by atoms with van der Waals surface area (Å²) in [6.07, 6.45) is 7.26. The van der Waals surface area contributed by atoms with Gasteiger partial charge in [0.1, 0.15) is 0 Å². The van der Waals surface area contributed by atoms with Crippen molar-refractivity contribution >= 4 is 11.9 Å². The minimum atomic E-state index is -0.837. The normalized spacial score (nSPS) is 33.4. The van der Waals surface area contributed by atoms with E-state index < -0.39 is 5.97 Å². The van der Waals surface area contributed by atoms with Gasteiger partial charge >= 0.3 is 5.97 Å². The van der Waals surface area contributed by atoms with Crippen LogP contribution >= 0.6 is 0 Å². The predicted octanol–water partition coefficient (Wildman–Crippen LogP) is 5.16. The Morgan fingerprint density at radius 2 is 1.93 bits per heavy atom. The molecule has 0 aliphatic heterocycles. The third-order valence-corrected chi connectivity index (χ3v) is 8.00. The van der Waals surface area contributed by atoms with Crippen molar-refractivity contribution in [2.24, 2.45) is 22.7 Å². The molecule has 3 aliphatic rings. The van der Waals surface area contributed by atoms with E-state index >= 15 is 0 Å². The molecule has 5 atom stereocenters. The van der Waals surface area contributed by atoms with Crippen molar-refractivity contribution in [3.8, 4) is 0 Å². The lowest BCUT2D eigenvalue weighted by atomic mass is 9.55. The molecule has 0 heterocycles. The second-order valence-corrected chi connectivity index (χ2v) is 11.1. The Balaban J connectivity index is 1.52. The van der Waals surface area contributed by atoms with Crippen LogP contribution in [0.2, 0.25) is 0 Å². The summed E-state index contributed by atoms with van der Waals surface area (Å²) in [5, 5.41) is 12.7. The fourth-order valence-electron chi connectivity index (χ4n) is 6.68. The fourth-order valence-corrected chi connectivity index (χ4v) is 6.68. The molecule has 0 bridgehead atoms. The van der Waals surface area contributed by atoms with Crippen LogP contribution < -0.4 is 5.32 Å². The topological polar surface area (TPSA) is 66.4 Å². The predicted molar refractivity (Wildman–Crippen MR) is 114 cm³/mol. The van der Waals surface area contributed by atoms with Gasteiger partial charge in [-0.1, -0.05) is 33.8 Å². The van der Waals surface area contributed by atoms with Crippen molar-refractivity contribution in [3.05, 3.63) is 34.9 Å². The Bertz CT molecular complexity index is 824. The first-order valence-corrected chi connectivity index (χ1v) is 11.2. The maximum absolute atomic E-state index is 12.6. The van der Waals surface area contributed by atoms with Crippen LogP contribution in [0.15, 0.2) is 18.2 Å². The number of rotatable bonds is 3. The Kier molecular flexibility index (Phi) is 5.03.